The standard InChI is InChI=1S/C18H22ClFO4.C14H14ClFO4/c1-4-6-8-18(17(22)24-5-2)9-7-11-12(16(18)21)10-13(20)15(23-3)14(11)19;1-3-20-14(18)8-5-4-7-9(12(8)17)6-10(16)13(19-2)11(7)15/h10H,4-9H2,1-3H3;6,8H,3-5H2,1-2H3. The van der Waals surface area contributed by atoms with Gasteiger partial charge >= 0.3 is 11.9 Å². The van der Waals surface area contributed by atoms with Crippen LogP contribution in [0.5, 0.6) is 11.5 Å². The largest absolute Gasteiger partial charge is 0.492 e. The Bertz CT molecular complexity index is 1440. The Kier molecular flexibility index (Phi) is 12.1. The molecule has 240 valence electrons. The van der Waals surface area contributed by atoms with Gasteiger partial charge in [-0.1, -0.05) is 43.0 Å². The van der Waals surface area contributed by atoms with E-state index in [0.717, 1.165) is 18.6 Å². The van der Waals surface area contributed by atoms with Crippen molar-refractivity contribution in [3.8, 4) is 11.5 Å². The summed E-state index contributed by atoms with van der Waals surface area (Å²) in [6.45, 7) is 5.76. The molecule has 0 spiro atoms. The molecule has 0 heterocycles. The van der Waals surface area contributed by atoms with E-state index in [1.165, 1.54) is 14.2 Å². The number of benzene rings is 2. The molecule has 0 amide bonds. The summed E-state index contributed by atoms with van der Waals surface area (Å²) in [6.07, 6.45) is 3.38. The second kappa shape index (κ2) is 15.2. The average Bonchev–Trinajstić information content (AvgIpc) is 2.99. The lowest BCUT2D eigenvalue weighted by molar-refractivity contribution is -0.153. The molecule has 2 unspecified atom stereocenters. The number of hydrogen-bond donors (Lipinski definition) is 0. The monoisotopic (exact) mass is 656 g/mol. The maximum atomic E-state index is 14.2. The number of carbonyl (C=O) groups is 4. The van der Waals surface area contributed by atoms with Crippen LogP contribution in [0, 0.1) is 23.0 Å². The number of ether oxygens (including phenoxy) is 4. The second-order valence-corrected chi connectivity index (χ2v) is 11.2. The molecule has 2 aliphatic carbocycles. The van der Waals surface area contributed by atoms with Gasteiger partial charge in [0, 0.05) is 11.1 Å². The third-order valence-corrected chi connectivity index (χ3v) is 8.70. The molecule has 0 saturated carbocycles. The SMILES string of the molecule is CCCCC1(C(=O)OCC)CCc2c(cc(F)c(OC)c2Cl)C1=O.CCOC(=O)C1CCc2c(cc(F)c(OC)c2Cl)C1=O. The molecule has 2 atom stereocenters. The lowest BCUT2D eigenvalue weighted by atomic mass is 9.67. The van der Waals surface area contributed by atoms with Gasteiger partial charge in [0.15, 0.2) is 34.7 Å². The number of hydrogen-bond acceptors (Lipinski definition) is 8. The summed E-state index contributed by atoms with van der Waals surface area (Å²) >= 11 is 12.3. The highest BCUT2D eigenvalue weighted by atomic mass is 35.5. The summed E-state index contributed by atoms with van der Waals surface area (Å²) in [5.41, 5.74) is 0.113. The molecule has 0 aliphatic heterocycles. The molecular weight excluding hydrogens is 621 g/mol. The zero-order valence-corrected chi connectivity index (χ0v) is 26.9. The number of halogens is 4. The topological polar surface area (TPSA) is 105 Å². The zero-order chi connectivity index (χ0) is 32.8. The smallest absolute Gasteiger partial charge is 0.320 e. The number of unbranched alkanes of at least 4 members (excludes halogenated alkanes) is 1. The van der Waals surface area contributed by atoms with Crippen LogP contribution in [-0.4, -0.2) is 50.9 Å². The number of Topliss-reactive ketones (excluding diaryl/α,β-unsaturated/α-hetero) is 2. The lowest BCUT2D eigenvalue weighted by Gasteiger charge is -2.35. The average molecular weight is 658 g/mol. The van der Waals surface area contributed by atoms with E-state index < -0.39 is 46.5 Å². The maximum absolute atomic E-state index is 14.2. The first-order valence-electron chi connectivity index (χ1n) is 14.5. The van der Waals surface area contributed by atoms with Crippen LogP contribution < -0.4 is 9.47 Å². The van der Waals surface area contributed by atoms with Crippen molar-refractivity contribution in [2.75, 3.05) is 27.4 Å². The number of fused-ring (bicyclic) bond motifs is 2. The summed E-state index contributed by atoms with van der Waals surface area (Å²) in [4.78, 5) is 49.6. The Morgan fingerprint density at radius 2 is 1.43 bits per heavy atom. The van der Waals surface area contributed by atoms with Crippen LogP contribution in [0.15, 0.2) is 12.1 Å². The molecule has 0 bridgehead atoms. The predicted molar refractivity (Wildman–Crippen MR) is 160 cm³/mol. The van der Waals surface area contributed by atoms with Gasteiger partial charge in [0.05, 0.1) is 37.5 Å². The second-order valence-electron chi connectivity index (χ2n) is 10.4. The van der Waals surface area contributed by atoms with Crippen molar-refractivity contribution < 1.29 is 46.9 Å². The van der Waals surface area contributed by atoms with Crippen molar-refractivity contribution in [1.82, 2.24) is 0 Å². The number of ketones is 2. The molecule has 0 N–H and O–H groups in total. The highest BCUT2D eigenvalue weighted by Gasteiger charge is 2.50. The molecule has 0 fully saturated rings. The molecular formula is C32H36Cl2F2O8. The molecule has 0 aromatic heterocycles. The summed E-state index contributed by atoms with van der Waals surface area (Å²) < 4.78 is 47.9. The first-order valence-corrected chi connectivity index (χ1v) is 15.2. The third kappa shape index (κ3) is 6.71. The minimum Gasteiger partial charge on any atom is -0.492 e. The summed E-state index contributed by atoms with van der Waals surface area (Å²) in [5.74, 6) is -4.40. The molecule has 4 rings (SSSR count). The van der Waals surface area contributed by atoms with Gasteiger partial charge in [0.2, 0.25) is 0 Å². The van der Waals surface area contributed by atoms with Gasteiger partial charge in [-0.3, -0.25) is 19.2 Å². The summed E-state index contributed by atoms with van der Waals surface area (Å²) in [6, 6.07) is 2.20. The van der Waals surface area contributed by atoms with Crippen LogP contribution >= 0.6 is 23.2 Å². The van der Waals surface area contributed by atoms with Gasteiger partial charge in [0.1, 0.15) is 11.3 Å². The van der Waals surface area contributed by atoms with Gasteiger partial charge in [-0.25, -0.2) is 8.78 Å². The first-order chi connectivity index (χ1) is 20.9. The van der Waals surface area contributed by atoms with Crippen LogP contribution in [0.2, 0.25) is 10.0 Å². The van der Waals surface area contributed by atoms with E-state index in [0.29, 0.717) is 49.7 Å². The summed E-state index contributed by atoms with van der Waals surface area (Å²) in [7, 11) is 2.63. The van der Waals surface area contributed by atoms with Crippen LogP contribution in [-0.2, 0) is 31.9 Å². The van der Waals surface area contributed by atoms with E-state index in [-0.39, 0.29) is 45.9 Å². The first kappa shape index (κ1) is 35.2. The van der Waals surface area contributed by atoms with E-state index >= 15 is 0 Å². The normalized spacial score (nSPS) is 18.8. The number of esters is 2. The van der Waals surface area contributed by atoms with Gasteiger partial charge in [-0.2, -0.15) is 0 Å². The van der Waals surface area contributed by atoms with Crippen LogP contribution in [0.1, 0.15) is 84.7 Å². The molecule has 44 heavy (non-hydrogen) atoms. The molecule has 2 aromatic rings. The maximum Gasteiger partial charge on any atom is 0.320 e. The highest BCUT2D eigenvalue weighted by molar-refractivity contribution is 6.34. The third-order valence-electron chi connectivity index (χ3n) is 7.90. The predicted octanol–water partition coefficient (Wildman–Crippen LogP) is 7.15. The molecule has 12 heteroatoms. The van der Waals surface area contributed by atoms with E-state index in [9.17, 15) is 28.0 Å². The quantitative estimate of drug-likeness (QED) is 0.207. The van der Waals surface area contributed by atoms with Gasteiger partial charge in [-0.15, -0.1) is 0 Å². The number of carbonyl (C=O) groups excluding carboxylic acids is 4. The van der Waals surface area contributed by atoms with Crippen LogP contribution in [0.4, 0.5) is 8.78 Å². The minimum atomic E-state index is -1.25. The van der Waals surface area contributed by atoms with E-state index in [2.05, 4.69) is 0 Å². The summed E-state index contributed by atoms with van der Waals surface area (Å²) in [5, 5.41) is 0.201. The Morgan fingerprint density at radius 1 is 0.886 bits per heavy atom. The van der Waals surface area contributed by atoms with E-state index in [4.69, 9.17) is 42.1 Å². The molecule has 2 aromatic carbocycles. The Balaban J connectivity index is 0.000000244. The number of rotatable bonds is 9. The van der Waals surface area contributed by atoms with Crippen LogP contribution in [0.25, 0.3) is 0 Å². The highest BCUT2D eigenvalue weighted by Crippen LogP contribution is 2.45. The fraction of sp³-hybridized carbons (Fsp3) is 0.500. The Hall–Kier alpha value is -3.24. The van der Waals surface area contributed by atoms with Crippen molar-refractivity contribution >= 4 is 46.7 Å². The van der Waals surface area contributed by atoms with Crippen molar-refractivity contribution in [3.63, 3.8) is 0 Å². The fourth-order valence-electron chi connectivity index (χ4n) is 5.63. The molecule has 0 saturated heterocycles. The molecule has 2 aliphatic rings. The van der Waals surface area contributed by atoms with Gasteiger partial charge < -0.3 is 18.9 Å². The minimum absolute atomic E-state index is 0.0691. The molecule has 0 radical (unpaired) electrons. The van der Waals surface area contributed by atoms with Gasteiger partial charge in [-0.05, 0) is 69.2 Å². The Labute approximate surface area is 265 Å². The van der Waals surface area contributed by atoms with Crippen molar-refractivity contribution in [3.05, 3.63) is 56.1 Å². The fourth-order valence-corrected chi connectivity index (χ4v) is 6.36. The van der Waals surface area contributed by atoms with Crippen molar-refractivity contribution in [2.45, 2.75) is 65.7 Å². The van der Waals surface area contributed by atoms with Gasteiger partial charge in [0.25, 0.3) is 0 Å². The lowest BCUT2D eigenvalue weighted by Crippen LogP contribution is -2.44. The van der Waals surface area contributed by atoms with Crippen molar-refractivity contribution in [1.29, 1.82) is 0 Å². The number of methoxy groups -OCH3 is 2. The van der Waals surface area contributed by atoms with E-state index in [1.54, 1.807) is 13.8 Å². The molecule has 8 nitrogen and oxygen atoms in total. The Morgan fingerprint density at radius 3 is 1.95 bits per heavy atom. The van der Waals surface area contributed by atoms with Crippen LogP contribution in [0.3, 0.4) is 0 Å². The van der Waals surface area contributed by atoms with Crippen molar-refractivity contribution in [2.24, 2.45) is 11.3 Å². The van der Waals surface area contributed by atoms with E-state index in [1.807, 2.05) is 6.92 Å². The zero-order valence-electron chi connectivity index (χ0n) is 25.4.